The van der Waals surface area contributed by atoms with Gasteiger partial charge in [-0.1, -0.05) is 123 Å². The molecule has 0 amide bonds. The minimum absolute atomic E-state index is 0.665. The molecule has 1 nitrogen and oxygen atoms in total. The van der Waals surface area contributed by atoms with Crippen molar-refractivity contribution in [1.29, 1.82) is 0 Å². The first-order chi connectivity index (χ1) is 17.7. The van der Waals surface area contributed by atoms with Crippen LogP contribution in [-0.4, -0.2) is 6.61 Å². The van der Waals surface area contributed by atoms with Crippen molar-refractivity contribution in [1.82, 2.24) is 0 Å². The summed E-state index contributed by atoms with van der Waals surface area (Å²) in [6, 6.07) is 32.2. The van der Waals surface area contributed by atoms with Crippen LogP contribution in [0.2, 0.25) is 5.02 Å². The predicted molar refractivity (Wildman–Crippen MR) is 156 cm³/mol. The third kappa shape index (κ3) is 7.02. The summed E-state index contributed by atoms with van der Waals surface area (Å²) in [6.07, 6.45) is 9.24. The van der Waals surface area contributed by atoms with Crippen molar-refractivity contribution in [3.05, 3.63) is 102 Å². The molecule has 0 unspecified atom stereocenters. The molecular weight excluding hydrogens is 460 g/mol. The van der Waals surface area contributed by atoms with E-state index in [1.807, 2.05) is 19.1 Å². The highest BCUT2D eigenvalue weighted by Gasteiger charge is 2.07. The summed E-state index contributed by atoms with van der Waals surface area (Å²) in [7, 11) is 0. The maximum atomic E-state index is 6.69. The van der Waals surface area contributed by atoms with Crippen molar-refractivity contribution in [3.63, 3.8) is 0 Å². The van der Waals surface area contributed by atoms with E-state index in [0.717, 1.165) is 27.5 Å². The molecule has 0 aliphatic heterocycles. The Morgan fingerprint density at radius 3 is 1.69 bits per heavy atom. The van der Waals surface area contributed by atoms with Gasteiger partial charge < -0.3 is 4.74 Å². The minimum Gasteiger partial charge on any atom is -0.494 e. The molecule has 0 saturated heterocycles. The lowest BCUT2D eigenvalue weighted by Gasteiger charge is -2.10. The zero-order chi connectivity index (χ0) is 25.2. The maximum Gasteiger partial charge on any atom is 0.119 e. The summed E-state index contributed by atoms with van der Waals surface area (Å²) in [5.74, 6) is 0.876. The summed E-state index contributed by atoms with van der Waals surface area (Å²) in [5.41, 5.74) is 8.34. The Hall–Kier alpha value is -3.03. The molecule has 0 heterocycles. The van der Waals surface area contributed by atoms with E-state index in [0.29, 0.717) is 6.61 Å². The van der Waals surface area contributed by atoms with E-state index >= 15 is 0 Å². The second-order valence-corrected chi connectivity index (χ2v) is 9.85. The summed E-state index contributed by atoms with van der Waals surface area (Å²) >= 11 is 6.69. The molecule has 0 atom stereocenters. The van der Waals surface area contributed by atoms with Crippen molar-refractivity contribution in [3.8, 4) is 39.1 Å². The Labute approximate surface area is 222 Å². The van der Waals surface area contributed by atoms with Gasteiger partial charge >= 0.3 is 0 Å². The number of benzene rings is 4. The van der Waals surface area contributed by atoms with Crippen LogP contribution in [0.4, 0.5) is 0 Å². The highest BCUT2D eigenvalue weighted by atomic mass is 35.5. The van der Waals surface area contributed by atoms with E-state index < -0.39 is 0 Å². The van der Waals surface area contributed by atoms with Crippen LogP contribution in [0.3, 0.4) is 0 Å². The minimum atomic E-state index is 0.665. The molecular formula is C34H37ClO. The maximum absolute atomic E-state index is 6.69. The largest absolute Gasteiger partial charge is 0.494 e. The molecule has 0 aliphatic carbocycles. The fourth-order valence-electron chi connectivity index (χ4n) is 4.65. The second kappa shape index (κ2) is 13.3. The van der Waals surface area contributed by atoms with E-state index in [1.165, 1.54) is 67.2 Å². The van der Waals surface area contributed by atoms with Gasteiger partial charge in [-0.15, -0.1) is 0 Å². The number of unbranched alkanes of at least 4 members (excludes halogenated alkanes) is 5. The van der Waals surface area contributed by atoms with Gasteiger partial charge in [-0.05, 0) is 71.3 Å². The lowest BCUT2D eigenvalue weighted by molar-refractivity contribution is 0.340. The highest BCUT2D eigenvalue weighted by molar-refractivity contribution is 6.33. The van der Waals surface area contributed by atoms with Crippen LogP contribution in [0.25, 0.3) is 33.4 Å². The molecule has 0 N–H and O–H groups in total. The first kappa shape index (κ1) is 26.0. The molecule has 186 valence electrons. The van der Waals surface area contributed by atoms with Gasteiger partial charge in [0.2, 0.25) is 0 Å². The topological polar surface area (TPSA) is 9.23 Å². The van der Waals surface area contributed by atoms with Gasteiger partial charge in [-0.3, -0.25) is 0 Å². The summed E-state index contributed by atoms with van der Waals surface area (Å²) in [4.78, 5) is 0. The van der Waals surface area contributed by atoms with Crippen molar-refractivity contribution in [2.24, 2.45) is 0 Å². The van der Waals surface area contributed by atoms with Gasteiger partial charge in [-0.2, -0.15) is 0 Å². The molecule has 0 aromatic heterocycles. The van der Waals surface area contributed by atoms with Gasteiger partial charge in [0, 0.05) is 10.6 Å². The zero-order valence-electron chi connectivity index (χ0n) is 21.6. The number of aryl methyl sites for hydroxylation is 1. The average Bonchev–Trinajstić information content (AvgIpc) is 2.92. The van der Waals surface area contributed by atoms with E-state index in [2.05, 4.69) is 85.8 Å². The molecule has 0 fully saturated rings. The predicted octanol–water partition coefficient (Wildman–Crippen LogP) is 10.6. The zero-order valence-corrected chi connectivity index (χ0v) is 22.4. The summed E-state index contributed by atoms with van der Waals surface area (Å²) < 4.78 is 5.55. The van der Waals surface area contributed by atoms with Gasteiger partial charge in [0.15, 0.2) is 0 Å². The third-order valence-electron chi connectivity index (χ3n) is 6.77. The van der Waals surface area contributed by atoms with Crippen LogP contribution >= 0.6 is 11.6 Å². The summed E-state index contributed by atoms with van der Waals surface area (Å²) in [6.45, 7) is 4.93. The van der Waals surface area contributed by atoms with E-state index in [4.69, 9.17) is 16.3 Å². The average molecular weight is 497 g/mol. The fraction of sp³-hybridized carbons (Fsp3) is 0.294. The number of hydrogen-bond acceptors (Lipinski definition) is 1. The SMILES string of the molecule is CCCCCCCCc1ccc(-c2ccc(-c3ccc(-c4ccc(OCC)cc4)c(Cl)c3)cc2)cc1. The first-order valence-electron chi connectivity index (χ1n) is 13.4. The van der Waals surface area contributed by atoms with Gasteiger partial charge in [-0.25, -0.2) is 0 Å². The lowest BCUT2D eigenvalue weighted by atomic mass is 9.97. The monoisotopic (exact) mass is 496 g/mol. The van der Waals surface area contributed by atoms with Crippen LogP contribution in [0.5, 0.6) is 5.75 Å². The molecule has 36 heavy (non-hydrogen) atoms. The number of halogens is 1. The Bertz CT molecular complexity index is 1210. The molecule has 0 radical (unpaired) electrons. The smallest absolute Gasteiger partial charge is 0.119 e. The number of rotatable bonds is 12. The van der Waals surface area contributed by atoms with Crippen molar-refractivity contribution < 1.29 is 4.74 Å². The van der Waals surface area contributed by atoms with Crippen molar-refractivity contribution >= 4 is 11.6 Å². The Morgan fingerprint density at radius 2 is 1.08 bits per heavy atom. The molecule has 0 saturated carbocycles. The molecule has 2 heteroatoms. The highest BCUT2D eigenvalue weighted by Crippen LogP contribution is 2.34. The van der Waals surface area contributed by atoms with E-state index in [9.17, 15) is 0 Å². The van der Waals surface area contributed by atoms with E-state index in [-0.39, 0.29) is 0 Å². The summed E-state index contributed by atoms with van der Waals surface area (Å²) in [5, 5.41) is 0.752. The molecule has 0 spiro atoms. The Morgan fingerprint density at radius 1 is 0.556 bits per heavy atom. The van der Waals surface area contributed by atoms with Crippen LogP contribution in [0.15, 0.2) is 91.0 Å². The van der Waals surface area contributed by atoms with Crippen LogP contribution < -0.4 is 4.74 Å². The van der Waals surface area contributed by atoms with E-state index in [1.54, 1.807) is 0 Å². The standard InChI is InChI=1S/C34H37ClO/c1-3-5-6-7-8-9-10-26-11-13-27(14-12-26)28-15-17-29(18-16-28)31-21-24-33(34(35)25-31)30-19-22-32(23-20-30)36-4-2/h11-25H,3-10H2,1-2H3. The molecule has 0 bridgehead atoms. The molecule has 4 aromatic rings. The van der Waals surface area contributed by atoms with Crippen molar-refractivity contribution in [2.75, 3.05) is 6.61 Å². The lowest BCUT2D eigenvalue weighted by Crippen LogP contribution is -1.90. The third-order valence-corrected chi connectivity index (χ3v) is 7.08. The molecule has 0 aliphatic rings. The first-order valence-corrected chi connectivity index (χ1v) is 13.8. The van der Waals surface area contributed by atoms with Crippen LogP contribution in [-0.2, 0) is 6.42 Å². The Kier molecular flexibility index (Phi) is 9.64. The fourth-order valence-corrected chi connectivity index (χ4v) is 4.94. The van der Waals surface area contributed by atoms with Crippen molar-refractivity contribution in [2.45, 2.75) is 58.8 Å². The Balaban J connectivity index is 1.38. The van der Waals surface area contributed by atoms with Gasteiger partial charge in [0.05, 0.1) is 6.61 Å². The van der Waals surface area contributed by atoms with Crippen LogP contribution in [0, 0.1) is 0 Å². The number of ether oxygens (including phenoxy) is 1. The molecule has 4 aromatic carbocycles. The van der Waals surface area contributed by atoms with Gasteiger partial charge in [0.1, 0.15) is 5.75 Å². The number of hydrogen-bond donors (Lipinski definition) is 0. The molecule has 4 rings (SSSR count). The normalized spacial score (nSPS) is 11.0. The van der Waals surface area contributed by atoms with Gasteiger partial charge in [0.25, 0.3) is 0 Å². The second-order valence-electron chi connectivity index (χ2n) is 9.44. The van der Waals surface area contributed by atoms with Crippen LogP contribution in [0.1, 0.15) is 57.9 Å². The quantitative estimate of drug-likeness (QED) is 0.177.